The summed E-state index contributed by atoms with van der Waals surface area (Å²) >= 11 is 3.66. The number of anilines is 5. The van der Waals surface area contributed by atoms with Gasteiger partial charge in [0, 0.05) is 111 Å². The van der Waals surface area contributed by atoms with Crippen LogP contribution in [-0.4, -0.2) is 100 Å². The highest BCUT2D eigenvalue weighted by Crippen LogP contribution is 2.42. The summed E-state index contributed by atoms with van der Waals surface area (Å²) in [7, 11) is 3.17. The Morgan fingerprint density at radius 1 is 0.958 bits per heavy atom. The number of nitrogens with one attached hydrogen (secondary N) is 3. The predicted molar refractivity (Wildman–Crippen MR) is 199 cm³/mol. The van der Waals surface area contributed by atoms with E-state index < -0.39 is 7.92 Å². The molecule has 0 spiro atoms. The van der Waals surface area contributed by atoms with Gasteiger partial charge >= 0.3 is 0 Å². The van der Waals surface area contributed by atoms with Crippen molar-refractivity contribution in [2.75, 3.05) is 75.2 Å². The standard InChI is InChI=1S/C34H41BrN11OP/c1-44-21-22(19-40-44)24-17-28(30(47-2)18-29(24)46-13-7-23(8-14-46)45-15-11-36-12-16-45)42-34-39-20-25(35)33(43-34)41-27-6-5-26-31(32(27)48(3)4)38-10-9-37-26/h5-6,9-10,17-21,23,36H,7-8,11-16H2,1-4H3,(H2,39,41,42,43). The van der Waals surface area contributed by atoms with Crippen LogP contribution < -0.4 is 30.9 Å². The van der Waals surface area contributed by atoms with Crippen LogP contribution in [0.3, 0.4) is 0 Å². The minimum atomic E-state index is -0.487. The molecule has 2 aliphatic rings. The molecule has 0 saturated carbocycles. The van der Waals surface area contributed by atoms with Crippen molar-refractivity contribution in [3.8, 4) is 16.9 Å². The van der Waals surface area contributed by atoms with E-state index in [1.165, 1.54) is 0 Å². The molecule has 48 heavy (non-hydrogen) atoms. The molecule has 0 unspecified atom stereocenters. The lowest BCUT2D eigenvalue weighted by atomic mass is 9.98. The molecule has 0 radical (unpaired) electrons. The van der Waals surface area contributed by atoms with E-state index in [9.17, 15) is 0 Å². The molecule has 2 saturated heterocycles. The first-order valence-corrected chi connectivity index (χ1v) is 19.3. The van der Waals surface area contributed by atoms with Crippen LogP contribution in [0.5, 0.6) is 5.75 Å². The van der Waals surface area contributed by atoms with Crippen LogP contribution in [0.15, 0.2) is 59.7 Å². The zero-order valence-electron chi connectivity index (χ0n) is 27.7. The summed E-state index contributed by atoms with van der Waals surface area (Å²) in [5.41, 5.74) is 6.78. The molecule has 0 bridgehead atoms. The number of aromatic nitrogens is 6. The fourth-order valence-electron chi connectivity index (χ4n) is 6.75. The number of methoxy groups -OCH3 is 1. The fourth-order valence-corrected chi connectivity index (χ4v) is 8.24. The number of piperidine rings is 1. The lowest BCUT2D eigenvalue weighted by Crippen LogP contribution is -2.52. The maximum absolute atomic E-state index is 5.98. The lowest BCUT2D eigenvalue weighted by molar-refractivity contribution is 0.150. The predicted octanol–water partition coefficient (Wildman–Crippen LogP) is 5.32. The second kappa shape index (κ2) is 14.3. The number of halogens is 1. The molecule has 5 aromatic rings. The number of benzene rings is 2. The van der Waals surface area contributed by atoms with E-state index in [2.05, 4.69) is 93.4 Å². The Morgan fingerprint density at radius 2 is 1.75 bits per heavy atom. The van der Waals surface area contributed by atoms with E-state index in [0.717, 1.165) is 107 Å². The molecule has 12 nitrogen and oxygen atoms in total. The van der Waals surface area contributed by atoms with Gasteiger partial charge in [-0.15, -0.1) is 0 Å². The fraction of sp³-hybridized carbons (Fsp3) is 0.382. The molecule has 0 amide bonds. The Labute approximate surface area is 290 Å². The van der Waals surface area contributed by atoms with Crippen LogP contribution >= 0.6 is 23.9 Å². The highest BCUT2D eigenvalue weighted by atomic mass is 79.9. The summed E-state index contributed by atoms with van der Waals surface area (Å²) in [6, 6.07) is 8.94. The van der Waals surface area contributed by atoms with Crippen molar-refractivity contribution in [1.82, 2.24) is 39.9 Å². The number of hydrogen-bond acceptors (Lipinski definition) is 11. The molecule has 2 aromatic carbocycles. The van der Waals surface area contributed by atoms with Crippen LogP contribution in [0.2, 0.25) is 0 Å². The Morgan fingerprint density at radius 3 is 2.48 bits per heavy atom. The first kappa shape index (κ1) is 32.6. The highest BCUT2D eigenvalue weighted by Gasteiger charge is 2.28. The molecular weight excluding hydrogens is 689 g/mol. The third-order valence-electron chi connectivity index (χ3n) is 9.11. The first-order valence-electron chi connectivity index (χ1n) is 16.3. The number of fused-ring (bicyclic) bond motifs is 1. The second-order valence-corrected chi connectivity index (χ2v) is 15.5. The molecule has 250 valence electrons. The van der Waals surface area contributed by atoms with E-state index in [4.69, 9.17) is 9.72 Å². The summed E-state index contributed by atoms with van der Waals surface area (Å²) in [6.07, 6.45) is 11.5. The zero-order valence-corrected chi connectivity index (χ0v) is 30.2. The minimum absolute atomic E-state index is 0.443. The van der Waals surface area contributed by atoms with E-state index in [1.54, 1.807) is 25.7 Å². The average molecular weight is 731 g/mol. The van der Waals surface area contributed by atoms with Gasteiger partial charge in [-0.1, -0.05) is 7.92 Å². The monoisotopic (exact) mass is 729 g/mol. The van der Waals surface area contributed by atoms with Crippen molar-refractivity contribution in [1.29, 1.82) is 0 Å². The van der Waals surface area contributed by atoms with Crippen molar-refractivity contribution in [3.05, 3.63) is 59.7 Å². The molecule has 2 fully saturated rings. The van der Waals surface area contributed by atoms with Crippen molar-refractivity contribution in [2.45, 2.75) is 18.9 Å². The topological polar surface area (TPSA) is 121 Å². The van der Waals surface area contributed by atoms with E-state index in [1.807, 2.05) is 30.1 Å². The maximum atomic E-state index is 5.98. The summed E-state index contributed by atoms with van der Waals surface area (Å²) in [5.74, 6) is 1.81. The number of rotatable bonds is 9. The van der Waals surface area contributed by atoms with Gasteiger partial charge in [0.05, 0.1) is 34.5 Å². The zero-order chi connectivity index (χ0) is 33.2. The number of ether oxygens (including phenoxy) is 1. The van der Waals surface area contributed by atoms with Crippen LogP contribution in [-0.2, 0) is 7.05 Å². The van der Waals surface area contributed by atoms with Crippen LogP contribution in [0.25, 0.3) is 22.2 Å². The van der Waals surface area contributed by atoms with Crippen LogP contribution in [0, 0.1) is 0 Å². The molecule has 0 atom stereocenters. The second-order valence-electron chi connectivity index (χ2n) is 12.4. The summed E-state index contributed by atoms with van der Waals surface area (Å²) in [4.78, 5) is 23.8. The van der Waals surface area contributed by atoms with Crippen LogP contribution in [0.4, 0.5) is 28.8 Å². The average Bonchev–Trinajstić information content (AvgIpc) is 3.55. The van der Waals surface area contributed by atoms with Crippen molar-refractivity contribution >= 4 is 69.0 Å². The summed E-state index contributed by atoms with van der Waals surface area (Å²) in [6.45, 7) is 10.8. The number of hydrogen-bond donors (Lipinski definition) is 3. The Kier molecular flexibility index (Phi) is 9.72. The van der Waals surface area contributed by atoms with Gasteiger partial charge in [-0.25, -0.2) is 4.98 Å². The van der Waals surface area contributed by atoms with Crippen LogP contribution in [0.1, 0.15) is 12.8 Å². The van der Waals surface area contributed by atoms with Gasteiger partial charge in [-0.3, -0.25) is 19.5 Å². The van der Waals surface area contributed by atoms with Crippen molar-refractivity contribution in [2.24, 2.45) is 7.05 Å². The normalized spacial score (nSPS) is 16.1. The van der Waals surface area contributed by atoms with Gasteiger partial charge in [-0.05, 0) is 60.3 Å². The summed E-state index contributed by atoms with van der Waals surface area (Å²) < 4.78 is 8.57. The molecule has 3 N–H and O–H groups in total. The minimum Gasteiger partial charge on any atom is -0.494 e. The highest BCUT2D eigenvalue weighted by molar-refractivity contribution is 9.10. The van der Waals surface area contributed by atoms with Gasteiger partial charge < -0.3 is 25.6 Å². The molecule has 7 rings (SSSR count). The van der Waals surface area contributed by atoms with Gasteiger partial charge in [0.15, 0.2) is 0 Å². The SMILES string of the molecule is COc1cc(N2CCC(N3CCNCC3)CC2)c(-c2cnn(C)c2)cc1Nc1ncc(Br)c(Nc2ccc3nccnc3c2P(C)C)n1. The van der Waals surface area contributed by atoms with Gasteiger partial charge in [-0.2, -0.15) is 10.1 Å². The summed E-state index contributed by atoms with van der Waals surface area (Å²) in [5, 5.41) is 16.1. The molecule has 14 heteroatoms. The smallest absolute Gasteiger partial charge is 0.229 e. The van der Waals surface area contributed by atoms with Gasteiger partial charge in [0.1, 0.15) is 11.6 Å². The lowest BCUT2D eigenvalue weighted by Gasteiger charge is -2.41. The van der Waals surface area contributed by atoms with Crippen molar-refractivity contribution < 1.29 is 4.74 Å². The molecular formula is C34H41BrN11OP. The van der Waals surface area contributed by atoms with Gasteiger partial charge in [0.2, 0.25) is 5.95 Å². The third-order valence-corrected chi connectivity index (χ3v) is 11.0. The molecule has 0 aliphatic carbocycles. The largest absolute Gasteiger partial charge is 0.494 e. The third kappa shape index (κ3) is 6.82. The number of nitrogens with zero attached hydrogens (tertiary/aromatic N) is 8. The Balaban J connectivity index is 1.19. The quantitative estimate of drug-likeness (QED) is 0.171. The number of aryl methyl sites for hydroxylation is 1. The Bertz CT molecular complexity index is 1900. The molecule has 3 aromatic heterocycles. The number of piperazine rings is 1. The van der Waals surface area contributed by atoms with Crippen molar-refractivity contribution in [3.63, 3.8) is 0 Å². The van der Waals surface area contributed by atoms with Gasteiger partial charge in [0.25, 0.3) is 0 Å². The van der Waals surface area contributed by atoms with E-state index >= 15 is 0 Å². The molecule has 5 heterocycles. The maximum Gasteiger partial charge on any atom is 0.229 e. The Hall–Kier alpha value is -3.90. The molecule has 2 aliphatic heterocycles. The first-order chi connectivity index (χ1) is 23.4. The van der Waals surface area contributed by atoms with E-state index in [0.29, 0.717) is 17.8 Å². The van der Waals surface area contributed by atoms with E-state index in [-0.39, 0.29) is 0 Å².